The van der Waals surface area contributed by atoms with E-state index in [0.29, 0.717) is 6.04 Å². The van der Waals surface area contributed by atoms with Crippen molar-refractivity contribution >= 4 is 5.69 Å². The molecular weight excluding hydrogens is 246 g/mol. The number of hydrogen-bond acceptors (Lipinski definition) is 3. The molecule has 1 aromatic carbocycles. The molecule has 3 nitrogen and oxygen atoms in total. The van der Waals surface area contributed by atoms with Gasteiger partial charge in [-0.25, -0.2) is 0 Å². The number of likely N-dealkylation sites (tertiary alicyclic amines) is 1. The molecule has 0 radical (unpaired) electrons. The number of likely N-dealkylation sites (N-methyl/N-ethyl adjacent to an activating group) is 1. The van der Waals surface area contributed by atoms with Crippen LogP contribution in [-0.2, 0) is 6.42 Å². The van der Waals surface area contributed by atoms with Crippen LogP contribution in [0.4, 0.5) is 5.69 Å². The Hall–Kier alpha value is -1.06. The van der Waals surface area contributed by atoms with Crippen molar-refractivity contribution < 1.29 is 0 Å². The van der Waals surface area contributed by atoms with Crippen LogP contribution in [0.25, 0.3) is 0 Å². The summed E-state index contributed by atoms with van der Waals surface area (Å²) < 4.78 is 0. The highest BCUT2D eigenvalue weighted by Crippen LogP contribution is 2.37. The molecule has 0 aliphatic carbocycles. The maximum atomic E-state index is 3.38. The van der Waals surface area contributed by atoms with Crippen molar-refractivity contribution in [3.05, 3.63) is 29.3 Å². The van der Waals surface area contributed by atoms with Gasteiger partial charge in [0.1, 0.15) is 0 Å². The lowest BCUT2D eigenvalue weighted by Gasteiger charge is -2.39. The molecule has 0 amide bonds. The van der Waals surface area contributed by atoms with Crippen LogP contribution in [0.15, 0.2) is 18.2 Å². The first-order valence-electron chi connectivity index (χ1n) is 7.89. The summed E-state index contributed by atoms with van der Waals surface area (Å²) in [5.74, 6) is 0.732. The molecule has 3 heteroatoms. The molecule has 1 saturated heterocycles. The minimum atomic E-state index is 0.576. The smallest absolute Gasteiger partial charge is 0.0397 e. The molecule has 20 heavy (non-hydrogen) atoms. The van der Waals surface area contributed by atoms with Crippen molar-refractivity contribution in [3.63, 3.8) is 0 Å². The van der Waals surface area contributed by atoms with Crippen LogP contribution < -0.4 is 10.2 Å². The summed E-state index contributed by atoms with van der Waals surface area (Å²) in [7, 11) is 6.55. The fourth-order valence-corrected chi connectivity index (χ4v) is 4.03. The maximum absolute atomic E-state index is 3.38. The van der Waals surface area contributed by atoms with E-state index in [-0.39, 0.29) is 0 Å². The van der Waals surface area contributed by atoms with Crippen LogP contribution in [0.1, 0.15) is 30.0 Å². The van der Waals surface area contributed by atoms with E-state index < -0.39 is 0 Å². The Morgan fingerprint density at radius 1 is 1.25 bits per heavy atom. The molecular formula is C17H27N3. The summed E-state index contributed by atoms with van der Waals surface area (Å²) >= 11 is 0. The predicted molar refractivity (Wildman–Crippen MR) is 85.4 cm³/mol. The lowest BCUT2D eigenvalue weighted by atomic mass is 9.84. The molecule has 0 saturated carbocycles. The van der Waals surface area contributed by atoms with Crippen LogP contribution in [0.5, 0.6) is 0 Å². The van der Waals surface area contributed by atoms with Crippen LogP contribution in [-0.4, -0.2) is 45.7 Å². The average Bonchev–Trinajstić information content (AvgIpc) is 2.80. The molecule has 1 fully saturated rings. The maximum Gasteiger partial charge on any atom is 0.0397 e. The zero-order valence-corrected chi connectivity index (χ0v) is 13.0. The average molecular weight is 273 g/mol. The van der Waals surface area contributed by atoms with E-state index in [2.05, 4.69) is 54.5 Å². The summed E-state index contributed by atoms with van der Waals surface area (Å²) in [6.45, 7) is 3.51. The molecule has 2 heterocycles. The molecule has 0 bridgehead atoms. The third kappa shape index (κ3) is 2.45. The van der Waals surface area contributed by atoms with Crippen molar-refractivity contribution in [1.29, 1.82) is 0 Å². The molecule has 2 aliphatic rings. The normalized spacial score (nSPS) is 26.9. The lowest BCUT2D eigenvalue weighted by Crippen LogP contribution is -2.39. The van der Waals surface area contributed by atoms with E-state index in [1.807, 2.05) is 0 Å². The summed E-state index contributed by atoms with van der Waals surface area (Å²) in [5, 5.41) is 3.38. The summed E-state index contributed by atoms with van der Waals surface area (Å²) in [6, 6.07) is 7.73. The highest BCUT2D eigenvalue weighted by atomic mass is 15.1. The van der Waals surface area contributed by atoms with E-state index in [1.54, 1.807) is 0 Å². The molecule has 1 N–H and O–H groups in total. The van der Waals surface area contributed by atoms with Gasteiger partial charge < -0.3 is 10.2 Å². The minimum absolute atomic E-state index is 0.576. The molecule has 110 valence electrons. The first-order chi connectivity index (χ1) is 9.70. The summed E-state index contributed by atoms with van der Waals surface area (Å²) in [5.41, 5.74) is 4.48. The highest BCUT2D eigenvalue weighted by Gasteiger charge is 2.30. The van der Waals surface area contributed by atoms with Crippen molar-refractivity contribution in [3.8, 4) is 0 Å². The van der Waals surface area contributed by atoms with E-state index in [4.69, 9.17) is 0 Å². The second-order valence-corrected chi connectivity index (χ2v) is 6.45. The monoisotopic (exact) mass is 273 g/mol. The van der Waals surface area contributed by atoms with Crippen LogP contribution in [0, 0.1) is 5.92 Å². The predicted octanol–water partition coefficient (Wildman–Crippen LogP) is 2.28. The first kappa shape index (κ1) is 13.9. The molecule has 1 aromatic rings. The summed E-state index contributed by atoms with van der Waals surface area (Å²) in [6.07, 6.45) is 3.87. The second kappa shape index (κ2) is 5.74. The van der Waals surface area contributed by atoms with E-state index >= 15 is 0 Å². The van der Waals surface area contributed by atoms with Crippen LogP contribution in [0.3, 0.4) is 0 Å². The number of anilines is 1. The Bertz CT molecular complexity index is 469. The number of fused-ring (bicyclic) bond motifs is 1. The Balaban J connectivity index is 1.89. The van der Waals surface area contributed by atoms with Crippen molar-refractivity contribution in [1.82, 2.24) is 10.2 Å². The third-order valence-corrected chi connectivity index (χ3v) is 5.05. The molecule has 2 aliphatic heterocycles. The second-order valence-electron chi connectivity index (χ2n) is 6.45. The number of hydrogen-bond donors (Lipinski definition) is 1. The van der Waals surface area contributed by atoms with Gasteiger partial charge in [-0.3, -0.25) is 4.90 Å². The Morgan fingerprint density at radius 2 is 2.10 bits per heavy atom. The fourth-order valence-electron chi connectivity index (χ4n) is 4.03. The van der Waals surface area contributed by atoms with Crippen molar-refractivity contribution in [2.75, 3.05) is 45.7 Å². The standard InChI is InChI=1S/C17H27N3/c1-18-12-15-5-4-9-20(3)17(15)14-6-7-16-13(11-14)8-10-19(16)2/h6-7,11,15,17-18H,4-5,8-10,12H2,1-3H3. The Morgan fingerprint density at radius 3 is 2.90 bits per heavy atom. The van der Waals surface area contributed by atoms with Gasteiger partial charge in [0.2, 0.25) is 0 Å². The van der Waals surface area contributed by atoms with Gasteiger partial charge in [0, 0.05) is 25.3 Å². The van der Waals surface area contributed by atoms with Gasteiger partial charge in [-0.05, 0) is 69.6 Å². The molecule has 0 spiro atoms. The van der Waals surface area contributed by atoms with Gasteiger partial charge in [-0.2, -0.15) is 0 Å². The number of piperidine rings is 1. The van der Waals surface area contributed by atoms with Crippen LogP contribution >= 0.6 is 0 Å². The van der Waals surface area contributed by atoms with E-state index in [0.717, 1.165) is 12.5 Å². The van der Waals surface area contributed by atoms with Gasteiger partial charge in [-0.15, -0.1) is 0 Å². The largest absolute Gasteiger partial charge is 0.374 e. The molecule has 3 rings (SSSR count). The number of benzene rings is 1. The SMILES string of the molecule is CNCC1CCCN(C)C1c1ccc2c(c1)CCN2C. The number of rotatable bonds is 3. The fraction of sp³-hybridized carbons (Fsp3) is 0.647. The minimum Gasteiger partial charge on any atom is -0.374 e. The topological polar surface area (TPSA) is 18.5 Å². The Kier molecular flexibility index (Phi) is 3.99. The first-order valence-corrected chi connectivity index (χ1v) is 7.89. The van der Waals surface area contributed by atoms with Gasteiger partial charge in [0.15, 0.2) is 0 Å². The Labute approximate surface area is 123 Å². The van der Waals surface area contributed by atoms with Gasteiger partial charge in [-0.1, -0.05) is 12.1 Å². The number of nitrogens with one attached hydrogen (secondary N) is 1. The van der Waals surface area contributed by atoms with E-state index in [9.17, 15) is 0 Å². The van der Waals surface area contributed by atoms with Gasteiger partial charge >= 0.3 is 0 Å². The lowest BCUT2D eigenvalue weighted by molar-refractivity contribution is 0.121. The van der Waals surface area contributed by atoms with Crippen molar-refractivity contribution in [2.45, 2.75) is 25.3 Å². The summed E-state index contributed by atoms with van der Waals surface area (Å²) in [4.78, 5) is 4.92. The quantitative estimate of drug-likeness (QED) is 0.911. The third-order valence-electron chi connectivity index (χ3n) is 5.05. The van der Waals surface area contributed by atoms with Gasteiger partial charge in [0.05, 0.1) is 0 Å². The van der Waals surface area contributed by atoms with Crippen molar-refractivity contribution in [2.24, 2.45) is 5.92 Å². The highest BCUT2D eigenvalue weighted by molar-refractivity contribution is 5.58. The zero-order valence-electron chi connectivity index (χ0n) is 13.0. The van der Waals surface area contributed by atoms with Crippen LogP contribution in [0.2, 0.25) is 0 Å². The molecule has 0 aromatic heterocycles. The zero-order chi connectivity index (χ0) is 14.1. The molecule has 2 atom stereocenters. The number of nitrogens with zero attached hydrogens (tertiary/aromatic N) is 2. The van der Waals surface area contributed by atoms with Gasteiger partial charge in [0.25, 0.3) is 0 Å². The molecule has 2 unspecified atom stereocenters. The van der Waals surface area contributed by atoms with E-state index in [1.165, 1.54) is 49.2 Å².